The lowest BCUT2D eigenvalue weighted by atomic mass is 9.79. The molecule has 7 aromatic carbocycles. The highest BCUT2D eigenvalue weighted by Gasteiger charge is 2.47. The van der Waals surface area contributed by atoms with Gasteiger partial charge in [0.2, 0.25) is 17.5 Å². The van der Waals surface area contributed by atoms with Gasteiger partial charge in [-0.25, -0.2) is 4.39 Å². The summed E-state index contributed by atoms with van der Waals surface area (Å²) in [4.78, 5) is 29.1. The van der Waals surface area contributed by atoms with Crippen LogP contribution in [0.5, 0.6) is 0 Å². The summed E-state index contributed by atoms with van der Waals surface area (Å²) >= 11 is 0. The van der Waals surface area contributed by atoms with Gasteiger partial charge in [0.25, 0.3) is 40.5 Å². The lowest BCUT2D eigenvalue weighted by Gasteiger charge is -2.27. The third kappa shape index (κ3) is 13.7. The maximum absolute atomic E-state index is 15.5. The van der Waals surface area contributed by atoms with Crippen LogP contribution in [0.2, 0.25) is 0 Å². The van der Waals surface area contributed by atoms with Crippen molar-refractivity contribution in [1.29, 1.82) is 0 Å². The van der Waals surface area contributed by atoms with E-state index in [-0.39, 0.29) is 65.3 Å². The fourth-order valence-corrected chi connectivity index (χ4v) is 17.6. The molecule has 0 atom stereocenters. The molecule has 2 amide bonds. The van der Waals surface area contributed by atoms with Crippen LogP contribution in [0.1, 0.15) is 124 Å². The van der Waals surface area contributed by atoms with Gasteiger partial charge in [0, 0.05) is 83.9 Å². The van der Waals surface area contributed by atoms with Gasteiger partial charge in [0.1, 0.15) is 22.2 Å². The zero-order valence-corrected chi connectivity index (χ0v) is 59.9. The van der Waals surface area contributed by atoms with Crippen molar-refractivity contribution in [3.8, 4) is 22.3 Å². The maximum Gasteiger partial charge on any atom is 0.295 e. The molecule has 0 saturated heterocycles. The van der Waals surface area contributed by atoms with E-state index in [1.54, 1.807) is 67.5 Å². The molecule has 3 heterocycles. The zero-order chi connectivity index (χ0) is 71.9. The average molecular weight is 1430 g/mol. The van der Waals surface area contributed by atoms with Crippen LogP contribution in [-0.4, -0.2) is 119 Å². The van der Waals surface area contributed by atoms with Crippen molar-refractivity contribution in [2.45, 2.75) is 144 Å². The van der Waals surface area contributed by atoms with Gasteiger partial charge in [-0.3, -0.25) is 27.8 Å². The molecular formula is C74H80FN4O16S4+. The van der Waals surface area contributed by atoms with Crippen LogP contribution in [0, 0.1) is 19.7 Å². The van der Waals surface area contributed by atoms with Crippen LogP contribution in [0.3, 0.4) is 0 Å². The number of hydrogen-bond donors (Lipinski definition) is 5. The number of methoxy groups -OCH3 is 1. The van der Waals surface area contributed by atoms with Gasteiger partial charge < -0.3 is 24.6 Å². The highest BCUT2D eigenvalue weighted by molar-refractivity contribution is 7.87. The molecular weight excluding hydrogens is 1350 g/mol. The smallest absolute Gasteiger partial charge is 0.295 e. The predicted molar refractivity (Wildman–Crippen MR) is 378 cm³/mol. The summed E-state index contributed by atoms with van der Waals surface area (Å²) in [6, 6.07) is 22.1. The number of fused-ring (bicyclic) bond motifs is 6. The predicted octanol–water partition coefficient (Wildman–Crippen LogP) is 12.8. The Kier molecular flexibility index (Phi) is 19.5. The number of rotatable bonds is 23. The molecule has 3 aliphatic heterocycles. The molecule has 1 aliphatic carbocycles. The second kappa shape index (κ2) is 26.8. The number of allylic oxidation sites excluding steroid dienone is 8. The molecule has 20 nitrogen and oxygen atoms in total. The monoisotopic (exact) mass is 1430 g/mol. The van der Waals surface area contributed by atoms with E-state index in [2.05, 4.69) is 37.4 Å². The molecule has 522 valence electrons. The first-order valence-corrected chi connectivity index (χ1v) is 38.1. The molecule has 99 heavy (non-hydrogen) atoms. The number of halogens is 1. The van der Waals surface area contributed by atoms with Crippen LogP contribution < -0.4 is 10.2 Å². The van der Waals surface area contributed by atoms with Crippen molar-refractivity contribution in [3.05, 3.63) is 189 Å². The summed E-state index contributed by atoms with van der Waals surface area (Å²) < 4.78 is 170. The molecule has 11 rings (SSSR count). The number of anilines is 1. The minimum atomic E-state index is -5.02. The molecule has 0 radical (unpaired) electrons. The number of carbonyl (C=O) groups excluding carboxylic acids is 2. The van der Waals surface area contributed by atoms with Gasteiger partial charge in [0.05, 0.1) is 41.6 Å². The van der Waals surface area contributed by atoms with Crippen LogP contribution >= 0.6 is 0 Å². The summed E-state index contributed by atoms with van der Waals surface area (Å²) in [5, 5.41) is 3.35. The molecule has 0 unspecified atom stereocenters. The minimum absolute atomic E-state index is 0.0290. The first-order chi connectivity index (χ1) is 46.4. The number of amides is 2. The van der Waals surface area contributed by atoms with Crippen LogP contribution in [0.25, 0.3) is 43.8 Å². The Bertz CT molecular complexity index is 5230. The van der Waals surface area contributed by atoms with E-state index >= 15 is 4.39 Å². The Morgan fingerprint density at radius 3 is 1.86 bits per heavy atom. The van der Waals surface area contributed by atoms with E-state index in [9.17, 15) is 61.5 Å². The van der Waals surface area contributed by atoms with E-state index in [4.69, 9.17) is 9.47 Å². The number of hydrogen-bond acceptors (Lipinski definition) is 13. The van der Waals surface area contributed by atoms with Crippen molar-refractivity contribution in [3.63, 3.8) is 0 Å². The Balaban J connectivity index is 0.809. The maximum atomic E-state index is 15.5. The molecule has 0 aromatic heterocycles. The van der Waals surface area contributed by atoms with Crippen molar-refractivity contribution in [1.82, 2.24) is 10.2 Å². The number of nitrogens with zero attached hydrogens (tertiary/aromatic N) is 3. The fourth-order valence-electron chi connectivity index (χ4n) is 15.0. The average Bonchev–Trinajstić information content (AvgIpc) is 1.90. The summed E-state index contributed by atoms with van der Waals surface area (Å²) in [5.74, 6) is -0.935. The van der Waals surface area contributed by atoms with Gasteiger partial charge in [0.15, 0.2) is 5.71 Å². The molecule has 0 fully saturated rings. The molecule has 0 saturated carbocycles. The van der Waals surface area contributed by atoms with Crippen LogP contribution in [0.15, 0.2) is 153 Å². The van der Waals surface area contributed by atoms with E-state index in [0.29, 0.717) is 91.8 Å². The summed E-state index contributed by atoms with van der Waals surface area (Å²) in [6.45, 7) is 19.8. The number of ether oxygens (including phenoxy) is 2. The number of carbonyl (C=O) groups is 2. The summed E-state index contributed by atoms with van der Waals surface area (Å²) in [7, 11) is -18.2. The normalized spacial score (nSPS) is 16.7. The Hall–Kier alpha value is -8.08. The van der Waals surface area contributed by atoms with Crippen molar-refractivity contribution >= 4 is 90.9 Å². The highest BCUT2D eigenvalue weighted by atomic mass is 32.2. The largest absolute Gasteiger partial charge is 0.382 e. The standard InChI is InChI=1S/C74H79FN4O16S4/c1-11-78-60-25-23-52-55(35-50(96(82,83)84)37-62(52)98(88,89)90)70(60)73(6,7)64(78)20-16-13-12-14-17-21-65-74(8,9)71-56-36-51(97(85,86)87)38-63(99(91,92)93)53(56)24-26-61(71)79(65)27-19-15-18-22-66(80)76-40-67(81)77-41-47-30-44(2)31-57-68(47)69-48(42-77)33-46(34-58(69)72(57,4)5)54-39-59(75)45(3)32-49(54)43-95-29-28-94-10/h12-14,16-17,20-21,23-26,30-39H,11,15,18-19,22,27-29,40-43H2,1-10H3,(H4-,76,80,82,83,84,85,86,87,88,89,90,91,92,93)/p+1. The number of aryl methyl sites for hydroxylation is 2. The lowest BCUT2D eigenvalue weighted by molar-refractivity contribution is -0.433. The highest BCUT2D eigenvalue weighted by Crippen LogP contribution is 2.56. The van der Waals surface area contributed by atoms with Gasteiger partial charge in [-0.1, -0.05) is 94.3 Å². The number of nitrogens with one attached hydrogen (secondary N) is 1. The summed E-state index contributed by atoms with van der Waals surface area (Å²) in [5.41, 5.74) is 11.8. The van der Waals surface area contributed by atoms with E-state index in [1.807, 2.05) is 75.3 Å². The molecule has 5 N–H and O–H groups in total. The molecule has 4 aliphatic rings. The third-order valence-corrected chi connectivity index (χ3v) is 23.0. The molecule has 0 spiro atoms. The molecule has 25 heteroatoms. The van der Waals surface area contributed by atoms with Crippen LogP contribution in [-0.2, 0) is 95.5 Å². The van der Waals surface area contributed by atoms with E-state index in [0.717, 1.165) is 67.5 Å². The van der Waals surface area contributed by atoms with Gasteiger partial charge in [-0.05, 0) is 180 Å². The van der Waals surface area contributed by atoms with Gasteiger partial charge in [-0.15, -0.1) is 0 Å². The summed E-state index contributed by atoms with van der Waals surface area (Å²) in [6.07, 6.45) is 14.3. The zero-order valence-electron chi connectivity index (χ0n) is 56.7. The fraction of sp³-hybridized carbons (Fsp3) is 0.338. The lowest BCUT2D eigenvalue weighted by Crippen LogP contribution is -2.39. The number of benzene rings is 7. The van der Waals surface area contributed by atoms with Crippen molar-refractivity contribution in [2.24, 2.45) is 0 Å². The van der Waals surface area contributed by atoms with Crippen LogP contribution in [0.4, 0.5) is 15.8 Å². The minimum Gasteiger partial charge on any atom is -0.382 e. The number of unbranched alkanes of at least 4 members (excludes halogenated alkanes) is 2. The Morgan fingerprint density at radius 1 is 0.646 bits per heavy atom. The Morgan fingerprint density at radius 2 is 1.24 bits per heavy atom. The SMILES string of the molecule is CC[N+]1=C(/C=C/C=C/C=C/C=C2/N(CCCCCC(=O)NCC(=O)N3Cc4cc(C)cc5c4-c4c(cc(-c6cc(F)c(C)cc6COCCOC)cc4C5(C)C)C3)c3ccc4c(S(=O)(=O)O)cc(S(=O)(=O)O)cc4c3C2(C)C)C(C)(C)c2c1ccc1c(S(=O)(=O)O)cc(S(=O)(=O)O)cc21. The topological polar surface area (TPSA) is 292 Å². The van der Waals surface area contributed by atoms with Gasteiger partial charge in [-0.2, -0.15) is 38.2 Å². The van der Waals surface area contributed by atoms with Gasteiger partial charge >= 0.3 is 0 Å². The Labute approximate surface area is 577 Å². The van der Waals surface area contributed by atoms with E-state index < -0.39 is 76.3 Å². The second-order valence-corrected chi connectivity index (χ2v) is 32.9. The molecule has 7 aromatic rings. The van der Waals surface area contributed by atoms with Crippen molar-refractivity contribution in [2.75, 3.05) is 44.9 Å². The quantitative estimate of drug-likeness (QED) is 0.0172. The first kappa shape index (κ1) is 72.2. The van der Waals surface area contributed by atoms with Crippen molar-refractivity contribution < 1.29 is 79.9 Å². The molecule has 0 bridgehead atoms. The first-order valence-electron chi connectivity index (χ1n) is 32.4. The second-order valence-electron chi connectivity index (χ2n) is 27.2. The third-order valence-electron chi connectivity index (χ3n) is 19.6. The van der Waals surface area contributed by atoms with E-state index in [1.165, 1.54) is 24.3 Å².